The number of ether oxygens (including phenoxy) is 3. The number of carbonyl (C=O) groups is 3. The molecule has 0 aromatic rings. The molecule has 1 atom stereocenters. The van der Waals surface area contributed by atoms with Crippen LogP contribution in [0.4, 0.5) is 0 Å². The molecule has 0 rings (SSSR count). The summed E-state index contributed by atoms with van der Waals surface area (Å²) >= 11 is 0. The lowest BCUT2D eigenvalue weighted by Gasteiger charge is -2.18. The minimum atomic E-state index is -0.793. The van der Waals surface area contributed by atoms with Gasteiger partial charge in [0, 0.05) is 19.3 Å². The van der Waals surface area contributed by atoms with Crippen molar-refractivity contribution in [1.29, 1.82) is 0 Å². The third-order valence-electron chi connectivity index (χ3n) is 14.0. The molecule has 0 aliphatic heterocycles. The van der Waals surface area contributed by atoms with Crippen LogP contribution in [0, 0.1) is 0 Å². The molecular weight excluding hydrogens is 961 g/mol. The molecule has 0 radical (unpaired) electrons. The summed E-state index contributed by atoms with van der Waals surface area (Å²) in [6.45, 7) is 6.50. The number of hydrogen-bond acceptors (Lipinski definition) is 6. The highest BCUT2D eigenvalue weighted by Gasteiger charge is 2.19. The zero-order valence-corrected chi connectivity index (χ0v) is 51.2. The Bertz CT molecular complexity index is 1570. The summed E-state index contributed by atoms with van der Waals surface area (Å²) in [7, 11) is 0. The Kier molecular flexibility index (Phi) is 62.3. The van der Waals surface area contributed by atoms with Crippen LogP contribution >= 0.6 is 0 Å². The highest BCUT2D eigenvalue weighted by Crippen LogP contribution is 2.15. The summed E-state index contributed by atoms with van der Waals surface area (Å²) in [4.78, 5) is 38.3. The van der Waals surface area contributed by atoms with Gasteiger partial charge in [-0.2, -0.15) is 0 Å². The van der Waals surface area contributed by atoms with E-state index in [1.165, 1.54) is 141 Å². The molecular formula is C72H122O6. The number of unbranched alkanes of at least 4 members (excludes halogenated alkanes) is 30. The SMILES string of the molecule is CC/C=C\C/C=C\C/C=C\C/C=C\C/C=C\C/C=C\CCCCCCCCCCCCC(=O)OCC(COC(=O)CCCCCCC/C=C\CCCCCCCC)OC(=O)CCCCCCC/C=C\C/C=C\CCCCCC. The minimum Gasteiger partial charge on any atom is -0.462 e. The molecule has 0 bridgehead atoms. The van der Waals surface area contributed by atoms with E-state index >= 15 is 0 Å². The van der Waals surface area contributed by atoms with Gasteiger partial charge in [0.15, 0.2) is 6.10 Å². The Balaban J connectivity index is 4.33. The summed E-state index contributed by atoms with van der Waals surface area (Å²) in [5.41, 5.74) is 0. The first-order valence-electron chi connectivity index (χ1n) is 32.9. The molecule has 0 N–H and O–H groups in total. The summed E-state index contributed by atoms with van der Waals surface area (Å²) in [5, 5.41) is 0. The van der Waals surface area contributed by atoms with Crippen molar-refractivity contribution in [3.63, 3.8) is 0 Å². The van der Waals surface area contributed by atoms with Crippen LogP contribution in [0.1, 0.15) is 310 Å². The Morgan fingerprint density at radius 2 is 0.500 bits per heavy atom. The fraction of sp³-hybridized carbons (Fsp3) is 0.708. The molecule has 6 heteroatoms. The largest absolute Gasteiger partial charge is 0.462 e. The van der Waals surface area contributed by atoms with Gasteiger partial charge in [-0.25, -0.2) is 0 Å². The normalized spacial score (nSPS) is 12.8. The predicted octanol–water partition coefficient (Wildman–Crippen LogP) is 22.6. The Morgan fingerprint density at radius 1 is 0.269 bits per heavy atom. The van der Waals surface area contributed by atoms with Crippen molar-refractivity contribution in [2.24, 2.45) is 0 Å². The van der Waals surface area contributed by atoms with Gasteiger partial charge in [-0.05, 0) is 128 Å². The van der Waals surface area contributed by atoms with Crippen molar-refractivity contribution >= 4 is 17.9 Å². The van der Waals surface area contributed by atoms with Crippen LogP contribution in [0.2, 0.25) is 0 Å². The number of rotatable bonds is 59. The van der Waals surface area contributed by atoms with E-state index in [2.05, 4.69) is 130 Å². The first-order valence-corrected chi connectivity index (χ1v) is 32.9. The molecule has 0 saturated carbocycles. The van der Waals surface area contributed by atoms with Gasteiger partial charge in [0.05, 0.1) is 0 Å². The molecule has 446 valence electrons. The van der Waals surface area contributed by atoms with Gasteiger partial charge in [-0.3, -0.25) is 14.4 Å². The van der Waals surface area contributed by atoms with E-state index < -0.39 is 6.10 Å². The Hall–Kier alpha value is -3.93. The number of esters is 3. The topological polar surface area (TPSA) is 78.9 Å². The molecule has 0 aliphatic carbocycles. The number of carbonyl (C=O) groups excluding carboxylic acids is 3. The smallest absolute Gasteiger partial charge is 0.306 e. The van der Waals surface area contributed by atoms with E-state index in [1.54, 1.807) is 0 Å². The highest BCUT2D eigenvalue weighted by molar-refractivity contribution is 5.71. The monoisotopic (exact) mass is 1080 g/mol. The highest BCUT2D eigenvalue weighted by atomic mass is 16.6. The van der Waals surface area contributed by atoms with Crippen molar-refractivity contribution in [3.05, 3.63) is 109 Å². The van der Waals surface area contributed by atoms with Crippen LogP contribution in [0.25, 0.3) is 0 Å². The third kappa shape index (κ3) is 62.9. The lowest BCUT2D eigenvalue weighted by Crippen LogP contribution is -2.30. The molecule has 0 spiro atoms. The van der Waals surface area contributed by atoms with E-state index in [-0.39, 0.29) is 31.1 Å². The van der Waals surface area contributed by atoms with Crippen LogP contribution < -0.4 is 0 Å². The molecule has 0 aromatic heterocycles. The predicted molar refractivity (Wildman–Crippen MR) is 339 cm³/mol. The van der Waals surface area contributed by atoms with Gasteiger partial charge in [0.2, 0.25) is 0 Å². The summed E-state index contributed by atoms with van der Waals surface area (Å²) in [5.74, 6) is -0.906. The molecule has 6 nitrogen and oxygen atoms in total. The van der Waals surface area contributed by atoms with Crippen molar-refractivity contribution < 1.29 is 28.6 Å². The zero-order valence-electron chi connectivity index (χ0n) is 51.2. The molecule has 0 heterocycles. The van der Waals surface area contributed by atoms with E-state index in [0.29, 0.717) is 19.3 Å². The van der Waals surface area contributed by atoms with Crippen LogP contribution in [0.3, 0.4) is 0 Å². The van der Waals surface area contributed by atoms with Crippen LogP contribution in [-0.4, -0.2) is 37.2 Å². The van der Waals surface area contributed by atoms with E-state index in [9.17, 15) is 14.4 Å². The Labute approximate surface area is 482 Å². The first kappa shape index (κ1) is 74.1. The third-order valence-corrected chi connectivity index (χ3v) is 14.0. The zero-order chi connectivity index (χ0) is 56.4. The summed E-state index contributed by atoms with van der Waals surface area (Å²) in [6, 6.07) is 0. The quantitative estimate of drug-likeness (QED) is 0.0261. The maximum Gasteiger partial charge on any atom is 0.306 e. The van der Waals surface area contributed by atoms with Crippen molar-refractivity contribution in [2.45, 2.75) is 316 Å². The van der Waals surface area contributed by atoms with Gasteiger partial charge >= 0.3 is 17.9 Å². The van der Waals surface area contributed by atoms with Crippen LogP contribution in [0.15, 0.2) is 109 Å². The minimum absolute atomic E-state index is 0.0884. The van der Waals surface area contributed by atoms with Crippen molar-refractivity contribution in [1.82, 2.24) is 0 Å². The lowest BCUT2D eigenvalue weighted by atomic mass is 10.1. The molecule has 0 saturated heterocycles. The second-order valence-corrected chi connectivity index (χ2v) is 21.6. The van der Waals surface area contributed by atoms with E-state index in [1.807, 2.05) is 0 Å². The second-order valence-electron chi connectivity index (χ2n) is 21.6. The average Bonchev–Trinajstić information content (AvgIpc) is 3.44. The fourth-order valence-electron chi connectivity index (χ4n) is 9.06. The van der Waals surface area contributed by atoms with Gasteiger partial charge in [0.25, 0.3) is 0 Å². The number of allylic oxidation sites excluding steroid dienone is 18. The first-order chi connectivity index (χ1) is 38.5. The summed E-state index contributed by atoms with van der Waals surface area (Å²) in [6.07, 6.45) is 89.5. The van der Waals surface area contributed by atoms with Gasteiger partial charge < -0.3 is 14.2 Å². The molecule has 0 aromatic carbocycles. The number of hydrogen-bond donors (Lipinski definition) is 0. The van der Waals surface area contributed by atoms with Crippen molar-refractivity contribution in [2.75, 3.05) is 13.2 Å². The second kappa shape index (κ2) is 65.6. The van der Waals surface area contributed by atoms with Gasteiger partial charge in [0.1, 0.15) is 13.2 Å². The maximum atomic E-state index is 12.9. The standard InChI is InChI=1S/C72H122O6/c1-4-7-10-13-16-19-22-25-28-30-31-32-33-34-35-36-37-38-39-40-41-42-45-47-50-53-56-59-62-65-71(74)77-68-69(67-76-70(73)64-61-58-55-52-49-46-43-27-24-21-18-15-12-9-6-3)78-72(75)66-63-60-57-54-51-48-44-29-26-23-20-17-14-11-8-5-2/h7,10,16,19-20,23,25,27-29,31-32,34-35,37-38,43-44,69H,4-6,8-9,11-15,17-18,21-22,24,26,30,33,36,39-42,45-68H2,1-3H3/b10-7-,19-16-,23-20-,28-25-,32-31-,35-34-,38-37-,43-27-,44-29-. The molecule has 0 aliphatic rings. The average molecular weight is 1080 g/mol. The Morgan fingerprint density at radius 3 is 0.808 bits per heavy atom. The van der Waals surface area contributed by atoms with Crippen LogP contribution in [0.5, 0.6) is 0 Å². The maximum absolute atomic E-state index is 12.9. The van der Waals surface area contributed by atoms with Gasteiger partial charge in [-0.1, -0.05) is 271 Å². The van der Waals surface area contributed by atoms with E-state index in [0.717, 1.165) is 128 Å². The fourth-order valence-corrected chi connectivity index (χ4v) is 9.06. The summed E-state index contributed by atoms with van der Waals surface area (Å²) < 4.78 is 16.9. The lowest BCUT2D eigenvalue weighted by molar-refractivity contribution is -0.167. The molecule has 78 heavy (non-hydrogen) atoms. The van der Waals surface area contributed by atoms with E-state index in [4.69, 9.17) is 14.2 Å². The van der Waals surface area contributed by atoms with Crippen LogP contribution in [-0.2, 0) is 28.6 Å². The molecule has 0 fully saturated rings. The van der Waals surface area contributed by atoms with Crippen molar-refractivity contribution in [3.8, 4) is 0 Å². The van der Waals surface area contributed by atoms with Gasteiger partial charge in [-0.15, -0.1) is 0 Å². The molecule has 0 amide bonds. The molecule has 1 unspecified atom stereocenters.